The molecule has 2 amide bonds. The second kappa shape index (κ2) is 7.84. The van der Waals surface area contributed by atoms with Crippen LogP contribution in [0, 0.1) is 5.82 Å². The molecule has 1 atom stereocenters. The van der Waals surface area contributed by atoms with Crippen LogP contribution < -0.4 is 5.32 Å². The molecular formula is C19H19FN6O3. The fourth-order valence-corrected chi connectivity index (χ4v) is 3.12. The van der Waals surface area contributed by atoms with Gasteiger partial charge in [0.1, 0.15) is 5.82 Å². The minimum absolute atomic E-state index is 0.115. The lowest BCUT2D eigenvalue weighted by atomic mass is 10.1. The summed E-state index contributed by atoms with van der Waals surface area (Å²) in [5, 5.41) is 13.3. The number of benzene rings is 1. The van der Waals surface area contributed by atoms with Crippen LogP contribution in [0.5, 0.6) is 0 Å². The number of aromatic nitrogens is 4. The fraction of sp³-hybridized carbons (Fsp3) is 0.263. The summed E-state index contributed by atoms with van der Waals surface area (Å²) in [6.07, 6.45) is 2.28. The van der Waals surface area contributed by atoms with Crippen LogP contribution in [0.4, 0.5) is 10.2 Å². The van der Waals surface area contributed by atoms with E-state index in [1.165, 1.54) is 18.3 Å². The Balaban J connectivity index is 1.41. The standard InChI is InChI=1S/C19H19FN6O3/c1-25-10-12(9-21-25)19(28)26-6-7-29-16(11-26)18(27)22-17-8-15(23-24-17)13-4-2-3-5-14(13)20/h2-5,8-10,16H,6-7,11H2,1H3,(H2,22,23,24,27). The van der Waals surface area contributed by atoms with E-state index >= 15 is 0 Å². The van der Waals surface area contributed by atoms with Crippen LogP contribution in [-0.2, 0) is 16.6 Å². The lowest BCUT2D eigenvalue weighted by Crippen LogP contribution is -2.50. The van der Waals surface area contributed by atoms with E-state index in [2.05, 4.69) is 20.6 Å². The van der Waals surface area contributed by atoms with Crippen molar-refractivity contribution in [1.82, 2.24) is 24.9 Å². The molecule has 29 heavy (non-hydrogen) atoms. The first-order valence-electron chi connectivity index (χ1n) is 9.02. The van der Waals surface area contributed by atoms with E-state index in [0.717, 1.165) is 0 Å². The van der Waals surface area contributed by atoms with E-state index in [4.69, 9.17) is 4.74 Å². The van der Waals surface area contributed by atoms with Crippen LogP contribution in [0.25, 0.3) is 11.3 Å². The number of ether oxygens (including phenoxy) is 1. The summed E-state index contributed by atoms with van der Waals surface area (Å²) < 4.78 is 21.0. The first kappa shape index (κ1) is 18.8. The molecule has 0 spiro atoms. The van der Waals surface area contributed by atoms with Crippen LogP contribution in [0.3, 0.4) is 0 Å². The summed E-state index contributed by atoms with van der Waals surface area (Å²) in [4.78, 5) is 26.7. The van der Waals surface area contributed by atoms with Gasteiger partial charge in [-0.1, -0.05) is 12.1 Å². The van der Waals surface area contributed by atoms with E-state index in [1.54, 1.807) is 41.0 Å². The Morgan fingerprint density at radius 3 is 2.93 bits per heavy atom. The largest absolute Gasteiger partial charge is 0.365 e. The van der Waals surface area contributed by atoms with Crippen molar-refractivity contribution in [3.63, 3.8) is 0 Å². The van der Waals surface area contributed by atoms with Gasteiger partial charge in [0.25, 0.3) is 11.8 Å². The van der Waals surface area contributed by atoms with Gasteiger partial charge in [-0.25, -0.2) is 4.39 Å². The zero-order valence-corrected chi connectivity index (χ0v) is 15.6. The molecule has 0 saturated carbocycles. The number of carbonyl (C=O) groups is 2. The number of nitrogens with one attached hydrogen (secondary N) is 2. The van der Waals surface area contributed by atoms with Gasteiger partial charge in [0, 0.05) is 31.4 Å². The fourth-order valence-electron chi connectivity index (χ4n) is 3.12. The number of anilines is 1. The molecule has 4 rings (SSSR count). The highest BCUT2D eigenvalue weighted by Gasteiger charge is 2.30. The second-order valence-corrected chi connectivity index (χ2v) is 6.65. The van der Waals surface area contributed by atoms with Crippen molar-refractivity contribution >= 4 is 17.6 Å². The van der Waals surface area contributed by atoms with Gasteiger partial charge in [0.15, 0.2) is 11.9 Å². The molecule has 1 fully saturated rings. The number of rotatable bonds is 4. The zero-order valence-electron chi connectivity index (χ0n) is 15.6. The highest BCUT2D eigenvalue weighted by molar-refractivity contribution is 5.96. The molecule has 10 heteroatoms. The molecule has 1 aliphatic rings. The van der Waals surface area contributed by atoms with E-state index in [-0.39, 0.29) is 24.9 Å². The number of aryl methyl sites for hydroxylation is 1. The number of hydrogen-bond donors (Lipinski definition) is 2. The zero-order chi connectivity index (χ0) is 20.4. The van der Waals surface area contributed by atoms with Crippen molar-refractivity contribution < 1.29 is 18.7 Å². The average molecular weight is 398 g/mol. The van der Waals surface area contributed by atoms with E-state index < -0.39 is 17.8 Å². The van der Waals surface area contributed by atoms with Crippen molar-refractivity contribution in [3.8, 4) is 11.3 Å². The molecule has 9 nitrogen and oxygen atoms in total. The number of morpholine rings is 1. The Bertz CT molecular complexity index is 1050. The van der Waals surface area contributed by atoms with Crippen molar-refractivity contribution in [2.45, 2.75) is 6.10 Å². The van der Waals surface area contributed by atoms with Crippen LogP contribution in [-0.4, -0.2) is 62.5 Å². The normalized spacial score (nSPS) is 16.6. The SMILES string of the molecule is Cn1cc(C(=O)N2CCOC(C(=O)Nc3cc(-c4ccccc4F)[nH]n3)C2)cn1. The van der Waals surface area contributed by atoms with E-state index in [1.807, 2.05) is 0 Å². The Morgan fingerprint density at radius 2 is 2.17 bits per heavy atom. The molecule has 1 unspecified atom stereocenters. The van der Waals surface area contributed by atoms with E-state index in [9.17, 15) is 14.0 Å². The Labute approximate surface area is 165 Å². The summed E-state index contributed by atoms with van der Waals surface area (Å²) in [7, 11) is 1.73. The number of H-pyrrole nitrogens is 1. The van der Waals surface area contributed by atoms with Gasteiger partial charge in [-0.05, 0) is 12.1 Å². The number of nitrogens with zero attached hydrogens (tertiary/aromatic N) is 4. The summed E-state index contributed by atoms with van der Waals surface area (Å²) in [6, 6.07) is 7.80. The number of aromatic amines is 1. The maximum Gasteiger partial charge on any atom is 0.257 e. The third-order valence-electron chi connectivity index (χ3n) is 4.59. The molecule has 2 aromatic heterocycles. The lowest BCUT2D eigenvalue weighted by molar-refractivity contribution is -0.131. The minimum atomic E-state index is -0.835. The maximum absolute atomic E-state index is 13.9. The third kappa shape index (κ3) is 4.02. The van der Waals surface area contributed by atoms with Crippen LogP contribution in [0.15, 0.2) is 42.7 Å². The highest BCUT2D eigenvalue weighted by Crippen LogP contribution is 2.22. The molecular weight excluding hydrogens is 379 g/mol. The van der Waals surface area contributed by atoms with Gasteiger partial charge in [-0.3, -0.25) is 19.4 Å². The number of hydrogen-bond acceptors (Lipinski definition) is 5. The molecule has 2 N–H and O–H groups in total. The van der Waals surface area contributed by atoms with Gasteiger partial charge in [-0.2, -0.15) is 10.2 Å². The van der Waals surface area contributed by atoms with Crippen LogP contribution >= 0.6 is 0 Å². The highest BCUT2D eigenvalue weighted by atomic mass is 19.1. The number of halogens is 1. The molecule has 1 aromatic carbocycles. The van der Waals surface area contributed by atoms with Crippen molar-refractivity contribution in [2.75, 3.05) is 25.0 Å². The Hall–Kier alpha value is -3.53. The average Bonchev–Trinajstić information content (AvgIpc) is 3.37. The van der Waals surface area contributed by atoms with Gasteiger partial charge in [0.2, 0.25) is 0 Å². The van der Waals surface area contributed by atoms with Crippen molar-refractivity contribution in [1.29, 1.82) is 0 Å². The Kier molecular flexibility index (Phi) is 5.09. The molecule has 0 aliphatic carbocycles. The summed E-state index contributed by atoms with van der Waals surface area (Å²) >= 11 is 0. The molecule has 0 bridgehead atoms. The number of carbonyl (C=O) groups excluding carboxylic acids is 2. The second-order valence-electron chi connectivity index (χ2n) is 6.65. The molecule has 150 valence electrons. The number of amides is 2. The van der Waals surface area contributed by atoms with Gasteiger partial charge in [0.05, 0.1) is 30.6 Å². The third-order valence-corrected chi connectivity index (χ3v) is 4.59. The molecule has 1 aliphatic heterocycles. The van der Waals surface area contributed by atoms with Crippen molar-refractivity contribution in [2.24, 2.45) is 7.05 Å². The van der Waals surface area contributed by atoms with Crippen LogP contribution in [0.2, 0.25) is 0 Å². The molecule has 1 saturated heterocycles. The summed E-state index contributed by atoms with van der Waals surface area (Å²) in [6.45, 7) is 0.743. The van der Waals surface area contributed by atoms with Gasteiger partial charge < -0.3 is 15.0 Å². The first-order valence-corrected chi connectivity index (χ1v) is 9.02. The van der Waals surface area contributed by atoms with E-state index in [0.29, 0.717) is 23.4 Å². The Morgan fingerprint density at radius 1 is 1.34 bits per heavy atom. The topological polar surface area (TPSA) is 105 Å². The van der Waals surface area contributed by atoms with Gasteiger partial charge >= 0.3 is 0 Å². The summed E-state index contributed by atoms with van der Waals surface area (Å²) in [5.41, 5.74) is 1.24. The monoisotopic (exact) mass is 398 g/mol. The molecule has 0 radical (unpaired) electrons. The quantitative estimate of drug-likeness (QED) is 0.692. The summed E-state index contributed by atoms with van der Waals surface area (Å²) in [5.74, 6) is -0.789. The lowest BCUT2D eigenvalue weighted by Gasteiger charge is -2.31. The predicted molar refractivity (Wildman–Crippen MR) is 101 cm³/mol. The predicted octanol–water partition coefficient (Wildman–Crippen LogP) is 1.43. The van der Waals surface area contributed by atoms with Gasteiger partial charge in [-0.15, -0.1) is 0 Å². The maximum atomic E-state index is 13.9. The minimum Gasteiger partial charge on any atom is -0.365 e. The van der Waals surface area contributed by atoms with Crippen molar-refractivity contribution in [3.05, 3.63) is 54.1 Å². The molecule has 3 heterocycles. The molecule has 3 aromatic rings. The smallest absolute Gasteiger partial charge is 0.257 e. The first-order chi connectivity index (χ1) is 14.0. The van der Waals surface area contributed by atoms with Crippen LogP contribution in [0.1, 0.15) is 10.4 Å².